The fraction of sp³-hybridized carbons (Fsp3) is 0.545. The number of halogens is 1. The molecule has 1 aromatic carbocycles. The highest BCUT2D eigenvalue weighted by Crippen LogP contribution is 2.45. The number of ether oxygens (including phenoxy) is 3. The molecule has 158 valence electrons. The van der Waals surface area contributed by atoms with Crippen molar-refractivity contribution >= 4 is 33.6 Å². The molecule has 1 spiro atoms. The first-order valence-corrected chi connectivity index (χ1v) is 10.9. The molecule has 1 aromatic rings. The van der Waals surface area contributed by atoms with E-state index >= 15 is 0 Å². The predicted molar refractivity (Wildman–Crippen MR) is 113 cm³/mol. The number of nitrogens with one attached hydrogen (secondary N) is 1. The van der Waals surface area contributed by atoms with Crippen LogP contribution < -0.4 is 5.32 Å². The zero-order chi connectivity index (χ0) is 21.2. The summed E-state index contributed by atoms with van der Waals surface area (Å²) in [6.07, 6.45) is 2.96. The van der Waals surface area contributed by atoms with Gasteiger partial charge >= 0.3 is 6.16 Å². The number of rotatable bonds is 5. The fourth-order valence-electron chi connectivity index (χ4n) is 4.41. The molecule has 1 N–H and O–H groups in total. The molecule has 29 heavy (non-hydrogen) atoms. The minimum atomic E-state index is -0.780. The zero-order valence-corrected chi connectivity index (χ0v) is 19.0. The summed E-state index contributed by atoms with van der Waals surface area (Å²) >= 11 is 3.54. The number of hydrogen-bond acceptors (Lipinski definition) is 5. The second kappa shape index (κ2) is 8.88. The third-order valence-corrected chi connectivity index (χ3v) is 6.28. The van der Waals surface area contributed by atoms with E-state index in [1.807, 2.05) is 26.0 Å². The van der Waals surface area contributed by atoms with Gasteiger partial charge in [0.1, 0.15) is 5.76 Å². The Hall–Kier alpha value is -1.86. The van der Waals surface area contributed by atoms with E-state index in [1.165, 1.54) is 0 Å². The Kier molecular flexibility index (Phi) is 6.69. The average Bonchev–Trinajstić information content (AvgIpc) is 2.93. The molecular weight excluding hydrogens is 438 g/mol. The summed E-state index contributed by atoms with van der Waals surface area (Å²) in [7, 11) is 1.70. The second-order valence-electron chi connectivity index (χ2n) is 7.57. The van der Waals surface area contributed by atoms with E-state index in [9.17, 15) is 9.59 Å². The summed E-state index contributed by atoms with van der Waals surface area (Å²) in [6, 6.07) is 3.99. The largest absolute Gasteiger partial charge is 0.513 e. The van der Waals surface area contributed by atoms with Crippen LogP contribution in [0.2, 0.25) is 0 Å². The van der Waals surface area contributed by atoms with Crippen LogP contribution in [0.1, 0.15) is 56.2 Å². The average molecular weight is 466 g/mol. The van der Waals surface area contributed by atoms with Gasteiger partial charge in [0.25, 0.3) is 5.91 Å². The highest BCUT2D eigenvalue weighted by molar-refractivity contribution is 9.10. The van der Waals surface area contributed by atoms with Gasteiger partial charge in [0.15, 0.2) is 0 Å². The van der Waals surface area contributed by atoms with Crippen molar-refractivity contribution in [1.82, 2.24) is 5.32 Å². The molecule has 0 atom stereocenters. The lowest BCUT2D eigenvalue weighted by molar-refractivity contribution is -0.116. The summed E-state index contributed by atoms with van der Waals surface area (Å²) in [4.78, 5) is 25.5. The molecule has 1 amide bonds. The van der Waals surface area contributed by atoms with Gasteiger partial charge in [-0.3, -0.25) is 4.79 Å². The van der Waals surface area contributed by atoms with Gasteiger partial charge in [-0.05, 0) is 74.8 Å². The van der Waals surface area contributed by atoms with Crippen molar-refractivity contribution in [3.05, 3.63) is 39.1 Å². The minimum Gasteiger partial charge on any atom is -0.434 e. The van der Waals surface area contributed by atoms with Crippen LogP contribution in [0.3, 0.4) is 0 Å². The molecule has 6 nitrogen and oxygen atoms in total. The number of methoxy groups -OCH3 is 1. The monoisotopic (exact) mass is 465 g/mol. The first-order valence-electron chi connectivity index (χ1n) is 10.1. The number of carbonyl (C=O) groups excluding carboxylic acids is 2. The first-order chi connectivity index (χ1) is 13.8. The van der Waals surface area contributed by atoms with Crippen LogP contribution in [0.15, 0.2) is 22.4 Å². The smallest absolute Gasteiger partial charge is 0.434 e. The van der Waals surface area contributed by atoms with Gasteiger partial charge in [-0.1, -0.05) is 22.9 Å². The van der Waals surface area contributed by atoms with Crippen molar-refractivity contribution in [3.63, 3.8) is 0 Å². The zero-order valence-electron chi connectivity index (χ0n) is 17.4. The molecule has 0 saturated heterocycles. The molecule has 0 unspecified atom stereocenters. The molecule has 1 aliphatic carbocycles. The van der Waals surface area contributed by atoms with Gasteiger partial charge in [-0.2, -0.15) is 0 Å². The second-order valence-corrected chi connectivity index (χ2v) is 8.49. The van der Waals surface area contributed by atoms with Crippen molar-refractivity contribution in [3.8, 4) is 0 Å². The third-order valence-electron chi connectivity index (χ3n) is 5.82. The molecule has 1 heterocycles. The van der Waals surface area contributed by atoms with Crippen LogP contribution in [0.4, 0.5) is 4.79 Å². The lowest BCUT2D eigenvalue weighted by Gasteiger charge is -2.37. The number of benzene rings is 1. The summed E-state index contributed by atoms with van der Waals surface area (Å²) in [6.45, 7) is 5.94. The Morgan fingerprint density at radius 2 is 1.97 bits per heavy atom. The Balaban J connectivity index is 2.15. The molecule has 0 radical (unpaired) electrons. The molecular formula is C22H28BrNO5. The van der Waals surface area contributed by atoms with Crippen LogP contribution in [0, 0.1) is 6.92 Å². The van der Waals surface area contributed by atoms with Crippen molar-refractivity contribution < 1.29 is 23.8 Å². The molecule has 0 aromatic heterocycles. The number of hydrogen-bond donors (Lipinski definition) is 1. The van der Waals surface area contributed by atoms with Gasteiger partial charge in [-0.15, -0.1) is 0 Å². The van der Waals surface area contributed by atoms with E-state index in [0.29, 0.717) is 24.2 Å². The molecule has 0 bridgehead atoms. The highest BCUT2D eigenvalue weighted by atomic mass is 79.9. The molecule has 1 saturated carbocycles. The molecule has 1 fully saturated rings. The fourth-order valence-corrected chi connectivity index (χ4v) is 5.03. The van der Waals surface area contributed by atoms with Gasteiger partial charge < -0.3 is 19.5 Å². The Morgan fingerprint density at radius 3 is 2.55 bits per heavy atom. The van der Waals surface area contributed by atoms with E-state index in [2.05, 4.69) is 21.2 Å². The summed E-state index contributed by atoms with van der Waals surface area (Å²) < 4.78 is 17.2. The lowest BCUT2D eigenvalue weighted by atomic mass is 9.78. The molecule has 3 rings (SSSR count). The van der Waals surface area contributed by atoms with Crippen LogP contribution in [-0.4, -0.2) is 37.4 Å². The van der Waals surface area contributed by atoms with E-state index in [1.54, 1.807) is 14.0 Å². The predicted octanol–water partition coefficient (Wildman–Crippen LogP) is 4.66. The molecule has 7 heteroatoms. The highest BCUT2D eigenvalue weighted by Gasteiger charge is 2.50. The standard InChI is InChI=1S/C22H28BrNO5/c1-5-14-12-15(23)11-13(3)17(14)18-19(29-21(26)28-6-2)22(24-20(18)25)9-7-16(27-4)8-10-22/h11-12,16H,5-10H2,1-4H3,(H,24,25). The maximum atomic E-state index is 13.2. The van der Waals surface area contributed by atoms with Crippen molar-refractivity contribution in [2.45, 2.75) is 64.5 Å². The number of aryl methyl sites for hydroxylation is 2. The Bertz CT molecular complexity index is 840. The molecule has 1 aliphatic heterocycles. The third kappa shape index (κ3) is 4.21. The van der Waals surface area contributed by atoms with Crippen molar-refractivity contribution in [1.29, 1.82) is 0 Å². The van der Waals surface area contributed by atoms with Crippen LogP contribution in [0.25, 0.3) is 5.57 Å². The lowest BCUT2D eigenvalue weighted by Crippen LogP contribution is -2.49. The quantitative estimate of drug-likeness (QED) is 0.639. The normalized spacial score (nSPS) is 24.0. The maximum absolute atomic E-state index is 13.2. The van der Waals surface area contributed by atoms with Crippen molar-refractivity contribution in [2.24, 2.45) is 0 Å². The number of amides is 1. The van der Waals surface area contributed by atoms with E-state index in [0.717, 1.165) is 40.4 Å². The van der Waals surface area contributed by atoms with Gasteiger partial charge in [-0.25, -0.2) is 4.79 Å². The summed E-state index contributed by atoms with van der Waals surface area (Å²) in [5, 5.41) is 3.14. The number of carbonyl (C=O) groups is 2. The summed E-state index contributed by atoms with van der Waals surface area (Å²) in [5.74, 6) is 0.177. The maximum Gasteiger partial charge on any atom is 0.513 e. The van der Waals surface area contributed by atoms with Gasteiger partial charge in [0.2, 0.25) is 0 Å². The van der Waals surface area contributed by atoms with Gasteiger partial charge in [0, 0.05) is 11.6 Å². The van der Waals surface area contributed by atoms with E-state index in [-0.39, 0.29) is 18.6 Å². The van der Waals surface area contributed by atoms with E-state index in [4.69, 9.17) is 14.2 Å². The van der Waals surface area contributed by atoms with Gasteiger partial charge in [0.05, 0.1) is 23.8 Å². The molecule has 2 aliphatic rings. The van der Waals surface area contributed by atoms with Crippen LogP contribution >= 0.6 is 15.9 Å². The Morgan fingerprint density at radius 1 is 1.28 bits per heavy atom. The Labute approximate surface area is 180 Å². The van der Waals surface area contributed by atoms with E-state index < -0.39 is 11.7 Å². The summed E-state index contributed by atoms with van der Waals surface area (Å²) in [5.41, 5.74) is 2.54. The van der Waals surface area contributed by atoms with Crippen LogP contribution in [0.5, 0.6) is 0 Å². The SMILES string of the molecule is CCOC(=O)OC1=C(c2c(C)cc(Br)cc2CC)C(=O)NC12CCC(OC)CC2. The van der Waals surface area contributed by atoms with Crippen molar-refractivity contribution in [2.75, 3.05) is 13.7 Å². The first kappa shape index (κ1) is 21.8. The minimum absolute atomic E-state index is 0.144. The topological polar surface area (TPSA) is 73.9 Å². The van der Waals surface area contributed by atoms with Crippen LogP contribution in [-0.2, 0) is 25.4 Å².